The van der Waals surface area contributed by atoms with Crippen LogP contribution in [0.3, 0.4) is 0 Å². The second-order valence-corrected chi connectivity index (χ2v) is 7.78. The van der Waals surface area contributed by atoms with Crippen molar-refractivity contribution in [1.82, 2.24) is 4.90 Å². The van der Waals surface area contributed by atoms with Crippen molar-refractivity contribution in [3.05, 3.63) is 23.8 Å². The van der Waals surface area contributed by atoms with Gasteiger partial charge in [-0.05, 0) is 49.1 Å². The van der Waals surface area contributed by atoms with Crippen LogP contribution in [0.4, 0.5) is 0 Å². The maximum Gasteiger partial charge on any atom is 0.0900 e. The number of nitrogens with zero attached hydrogens (tertiary/aromatic N) is 1. The SMILES string of the molecule is C=C(C)CN(CC)CC(O)COCC1=CCC2CC1C2(C)C. The fourth-order valence-electron chi connectivity index (χ4n) is 3.99. The zero-order valence-electron chi connectivity index (χ0n) is 14.8. The number of hydrogen-bond acceptors (Lipinski definition) is 3. The predicted octanol–water partition coefficient (Wildman–Crippen LogP) is 3.25. The molecule has 0 saturated heterocycles. The molecular formula is C19H33NO2. The highest BCUT2D eigenvalue weighted by molar-refractivity contribution is 5.23. The molecule has 0 aromatic heterocycles. The van der Waals surface area contributed by atoms with Gasteiger partial charge in [0.1, 0.15) is 0 Å². The Bertz CT molecular complexity index is 427. The molecule has 1 N–H and O–H groups in total. The van der Waals surface area contributed by atoms with Gasteiger partial charge in [0.05, 0.1) is 19.3 Å². The normalized spacial score (nSPS) is 27.3. The Morgan fingerprint density at radius 1 is 1.55 bits per heavy atom. The average molecular weight is 307 g/mol. The lowest BCUT2D eigenvalue weighted by atomic mass is 9.49. The van der Waals surface area contributed by atoms with Gasteiger partial charge in [-0.3, -0.25) is 4.90 Å². The van der Waals surface area contributed by atoms with Gasteiger partial charge in [-0.15, -0.1) is 0 Å². The van der Waals surface area contributed by atoms with Crippen LogP contribution in [0.25, 0.3) is 0 Å². The Morgan fingerprint density at radius 2 is 2.27 bits per heavy atom. The maximum atomic E-state index is 10.2. The standard InChI is InChI=1S/C19H33NO2/c1-6-20(10-14(2)3)11-17(21)13-22-12-15-7-8-16-9-18(15)19(16,4)5/h7,16-18,21H,2,6,8-13H2,1,3-5H3. The number of ether oxygens (including phenoxy) is 1. The van der Waals surface area contributed by atoms with Gasteiger partial charge in [-0.25, -0.2) is 0 Å². The minimum absolute atomic E-state index is 0.417. The van der Waals surface area contributed by atoms with Crippen molar-refractivity contribution >= 4 is 0 Å². The number of allylic oxidation sites excluding steroid dienone is 1. The summed E-state index contributed by atoms with van der Waals surface area (Å²) in [4.78, 5) is 2.20. The fraction of sp³-hybridized carbons (Fsp3) is 0.789. The van der Waals surface area contributed by atoms with Crippen LogP contribution in [0.15, 0.2) is 23.8 Å². The summed E-state index contributed by atoms with van der Waals surface area (Å²) in [6.45, 7) is 16.4. The second kappa shape index (κ2) is 7.29. The van der Waals surface area contributed by atoms with Crippen molar-refractivity contribution in [2.75, 3.05) is 32.8 Å². The van der Waals surface area contributed by atoms with Gasteiger partial charge in [-0.1, -0.05) is 39.0 Å². The molecule has 0 aromatic carbocycles. The largest absolute Gasteiger partial charge is 0.389 e. The molecule has 0 heterocycles. The zero-order valence-corrected chi connectivity index (χ0v) is 14.8. The minimum atomic E-state index is -0.425. The Hall–Kier alpha value is -0.640. The molecule has 3 aliphatic rings. The molecule has 3 atom stereocenters. The molecule has 3 rings (SSSR count). The first-order valence-electron chi connectivity index (χ1n) is 8.66. The molecule has 126 valence electrons. The van der Waals surface area contributed by atoms with Gasteiger partial charge >= 0.3 is 0 Å². The van der Waals surface area contributed by atoms with Crippen molar-refractivity contribution in [2.24, 2.45) is 17.3 Å². The predicted molar refractivity (Wildman–Crippen MR) is 91.8 cm³/mol. The van der Waals surface area contributed by atoms with E-state index in [1.54, 1.807) is 0 Å². The highest BCUT2D eigenvalue weighted by atomic mass is 16.5. The van der Waals surface area contributed by atoms with E-state index in [1.807, 2.05) is 6.92 Å². The molecule has 1 saturated carbocycles. The van der Waals surface area contributed by atoms with Gasteiger partial charge in [0.2, 0.25) is 0 Å². The van der Waals surface area contributed by atoms with Crippen LogP contribution in [-0.2, 0) is 4.74 Å². The van der Waals surface area contributed by atoms with Crippen LogP contribution in [-0.4, -0.2) is 49.0 Å². The average Bonchev–Trinajstić information content (AvgIpc) is 2.46. The number of hydrogen-bond donors (Lipinski definition) is 1. The molecule has 0 spiro atoms. The molecule has 1 fully saturated rings. The third-order valence-corrected chi connectivity index (χ3v) is 5.57. The molecule has 3 nitrogen and oxygen atoms in total. The first-order valence-corrected chi connectivity index (χ1v) is 8.66. The van der Waals surface area contributed by atoms with Crippen LogP contribution in [0.2, 0.25) is 0 Å². The first kappa shape index (κ1) is 17.7. The molecule has 0 aliphatic heterocycles. The van der Waals surface area contributed by atoms with E-state index in [0.717, 1.165) is 24.6 Å². The van der Waals surface area contributed by atoms with E-state index in [4.69, 9.17) is 4.74 Å². The molecule has 22 heavy (non-hydrogen) atoms. The molecule has 0 amide bonds. The molecular weight excluding hydrogens is 274 g/mol. The van der Waals surface area contributed by atoms with Crippen molar-refractivity contribution in [2.45, 2.75) is 46.6 Å². The van der Waals surface area contributed by atoms with Crippen molar-refractivity contribution in [3.8, 4) is 0 Å². The smallest absolute Gasteiger partial charge is 0.0900 e. The van der Waals surface area contributed by atoms with E-state index in [-0.39, 0.29) is 0 Å². The lowest BCUT2D eigenvalue weighted by molar-refractivity contribution is -0.0258. The zero-order chi connectivity index (χ0) is 16.3. The van der Waals surface area contributed by atoms with Gasteiger partial charge in [-0.2, -0.15) is 0 Å². The summed E-state index contributed by atoms with van der Waals surface area (Å²) in [6.07, 6.45) is 4.47. The monoisotopic (exact) mass is 307 g/mol. The molecule has 2 bridgehead atoms. The van der Waals surface area contributed by atoms with E-state index >= 15 is 0 Å². The van der Waals surface area contributed by atoms with E-state index in [1.165, 1.54) is 18.4 Å². The molecule has 3 aliphatic carbocycles. The van der Waals surface area contributed by atoms with Gasteiger partial charge < -0.3 is 9.84 Å². The summed E-state index contributed by atoms with van der Waals surface area (Å²) in [7, 11) is 0. The third-order valence-electron chi connectivity index (χ3n) is 5.57. The third kappa shape index (κ3) is 4.01. The number of likely N-dealkylation sites (N-methyl/N-ethyl adjacent to an activating group) is 1. The summed E-state index contributed by atoms with van der Waals surface area (Å²) in [5.41, 5.74) is 3.03. The Kier molecular flexibility index (Phi) is 5.87. The summed E-state index contributed by atoms with van der Waals surface area (Å²) in [6, 6.07) is 0. The summed E-state index contributed by atoms with van der Waals surface area (Å²) >= 11 is 0. The van der Waals surface area contributed by atoms with Gasteiger partial charge in [0, 0.05) is 13.1 Å². The number of aliphatic hydroxyl groups excluding tert-OH is 1. The van der Waals surface area contributed by atoms with Crippen LogP contribution in [0.5, 0.6) is 0 Å². The topological polar surface area (TPSA) is 32.7 Å². The van der Waals surface area contributed by atoms with Gasteiger partial charge in [0.25, 0.3) is 0 Å². The highest BCUT2D eigenvalue weighted by Crippen LogP contribution is 2.59. The lowest BCUT2D eigenvalue weighted by Crippen LogP contribution is -2.48. The van der Waals surface area contributed by atoms with Crippen LogP contribution in [0, 0.1) is 17.3 Å². The highest BCUT2D eigenvalue weighted by Gasteiger charge is 2.50. The van der Waals surface area contributed by atoms with E-state index in [2.05, 4.69) is 38.3 Å². The van der Waals surface area contributed by atoms with Crippen molar-refractivity contribution in [1.29, 1.82) is 0 Å². The van der Waals surface area contributed by atoms with Crippen LogP contribution < -0.4 is 0 Å². The quantitative estimate of drug-likeness (QED) is 0.664. The molecule has 0 radical (unpaired) electrons. The summed E-state index contributed by atoms with van der Waals surface area (Å²) in [5, 5.41) is 10.2. The Morgan fingerprint density at radius 3 is 2.82 bits per heavy atom. The van der Waals surface area contributed by atoms with Crippen molar-refractivity contribution < 1.29 is 9.84 Å². The Balaban J connectivity index is 1.70. The number of fused-ring (bicyclic) bond motifs is 1. The van der Waals surface area contributed by atoms with Crippen LogP contribution >= 0.6 is 0 Å². The van der Waals surface area contributed by atoms with E-state index in [9.17, 15) is 5.11 Å². The molecule has 3 unspecified atom stereocenters. The lowest BCUT2D eigenvalue weighted by Gasteiger charge is -2.56. The Labute approximate surface area is 136 Å². The maximum absolute atomic E-state index is 10.2. The van der Waals surface area contributed by atoms with E-state index in [0.29, 0.717) is 31.1 Å². The van der Waals surface area contributed by atoms with Gasteiger partial charge in [0.15, 0.2) is 0 Å². The minimum Gasteiger partial charge on any atom is -0.389 e. The van der Waals surface area contributed by atoms with Crippen LogP contribution in [0.1, 0.15) is 40.5 Å². The molecule has 3 heteroatoms. The molecule has 0 aromatic rings. The van der Waals surface area contributed by atoms with Crippen molar-refractivity contribution in [3.63, 3.8) is 0 Å². The van der Waals surface area contributed by atoms with E-state index < -0.39 is 6.10 Å². The second-order valence-electron chi connectivity index (χ2n) is 7.78. The summed E-state index contributed by atoms with van der Waals surface area (Å²) in [5.74, 6) is 1.56. The number of rotatable bonds is 9. The fourth-order valence-corrected chi connectivity index (χ4v) is 3.99. The number of aliphatic hydroxyl groups is 1. The first-order chi connectivity index (χ1) is 10.3. The summed E-state index contributed by atoms with van der Waals surface area (Å²) < 4.78 is 5.81.